The monoisotopic (exact) mass is 245 g/mol. The molecule has 0 spiro atoms. The van der Waals surface area contributed by atoms with Gasteiger partial charge in [-0.15, -0.1) is 0 Å². The molecule has 0 aromatic heterocycles. The topological polar surface area (TPSA) is 116 Å². The van der Waals surface area contributed by atoms with Crippen LogP contribution in [0, 0.1) is 0 Å². The Morgan fingerprint density at radius 1 is 1.47 bits per heavy atom. The Bertz CT molecular complexity index is 290. The lowest BCUT2D eigenvalue weighted by atomic mass is 9.95. The van der Waals surface area contributed by atoms with E-state index in [0.29, 0.717) is 18.5 Å². The molecule has 0 aromatic carbocycles. The molecule has 5 nitrogen and oxygen atoms in total. The van der Waals surface area contributed by atoms with E-state index in [2.05, 4.69) is 5.32 Å². The lowest BCUT2D eigenvalue weighted by molar-refractivity contribution is 0.336. The molecule has 0 heterocycles. The van der Waals surface area contributed by atoms with Gasteiger partial charge in [0.15, 0.2) is 0 Å². The predicted octanol–water partition coefficient (Wildman–Crippen LogP) is -0.357. The van der Waals surface area contributed by atoms with Crippen molar-refractivity contribution >= 4 is 0 Å². The molecule has 0 radical (unpaired) electrons. The Hall–Kier alpha value is -0.950. The third-order valence-electron chi connectivity index (χ3n) is 2.68. The van der Waals surface area contributed by atoms with Gasteiger partial charge in [0.05, 0.1) is 5.66 Å². The van der Waals surface area contributed by atoms with Crippen LogP contribution in [-0.4, -0.2) is 24.8 Å². The number of rotatable bonds is 7. The Morgan fingerprint density at radius 2 is 2.06 bits per heavy atom. The summed E-state index contributed by atoms with van der Waals surface area (Å²) < 4.78 is 13.2. The molecule has 2 atom stereocenters. The van der Waals surface area contributed by atoms with Gasteiger partial charge in [0.25, 0.3) is 0 Å². The largest absolute Gasteiger partial charge is 0.402 e. The van der Waals surface area contributed by atoms with Crippen LogP contribution in [-0.2, 0) is 0 Å². The number of hydrogen-bond donors (Lipinski definition) is 5. The molecule has 0 aliphatic rings. The van der Waals surface area contributed by atoms with E-state index in [4.69, 9.17) is 22.9 Å². The van der Waals surface area contributed by atoms with E-state index in [1.54, 1.807) is 0 Å². The van der Waals surface area contributed by atoms with Crippen LogP contribution in [0.3, 0.4) is 0 Å². The van der Waals surface area contributed by atoms with Gasteiger partial charge in [-0.25, -0.2) is 4.39 Å². The first-order valence-corrected chi connectivity index (χ1v) is 5.68. The Morgan fingerprint density at radius 3 is 2.41 bits per heavy atom. The van der Waals surface area contributed by atoms with E-state index in [1.807, 2.05) is 13.8 Å². The molecule has 6 heteroatoms. The molecule has 0 saturated heterocycles. The average Bonchev–Trinajstić information content (AvgIpc) is 2.34. The summed E-state index contributed by atoms with van der Waals surface area (Å²) in [6, 6.07) is 0.0137. The highest BCUT2D eigenvalue weighted by atomic mass is 19.1. The first kappa shape index (κ1) is 16.1. The van der Waals surface area contributed by atoms with Crippen molar-refractivity contribution in [2.45, 2.75) is 32.0 Å². The molecule has 0 aliphatic heterocycles. The second-order valence-corrected chi connectivity index (χ2v) is 4.03. The van der Waals surface area contributed by atoms with Gasteiger partial charge in [0, 0.05) is 25.3 Å². The van der Waals surface area contributed by atoms with E-state index in [9.17, 15) is 4.39 Å². The van der Waals surface area contributed by atoms with Crippen molar-refractivity contribution in [1.29, 1.82) is 0 Å². The first-order chi connectivity index (χ1) is 7.93. The van der Waals surface area contributed by atoms with E-state index in [-0.39, 0.29) is 12.6 Å². The molecule has 0 amide bonds. The minimum atomic E-state index is -0.867. The van der Waals surface area contributed by atoms with Crippen molar-refractivity contribution in [3.05, 3.63) is 23.7 Å². The van der Waals surface area contributed by atoms with Gasteiger partial charge in [0.1, 0.15) is 5.83 Å². The maximum absolute atomic E-state index is 13.2. The zero-order valence-electron chi connectivity index (χ0n) is 10.5. The molecule has 0 saturated carbocycles. The molecule has 0 aromatic rings. The van der Waals surface area contributed by atoms with Crippen LogP contribution in [0.25, 0.3) is 0 Å². The van der Waals surface area contributed by atoms with Gasteiger partial charge in [-0.1, -0.05) is 6.92 Å². The summed E-state index contributed by atoms with van der Waals surface area (Å²) in [7, 11) is 0. The second kappa shape index (κ2) is 7.39. The minimum absolute atomic E-state index is 0.0137. The number of allylic oxidation sites excluding steroid dienone is 2. The smallest absolute Gasteiger partial charge is 0.138 e. The van der Waals surface area contributed by atoms with Crippen LogP contribution in [0.5, 0.6) is 0 Å². The number of nitrogens with two attached hydrogens (primary N) is 4. The maximum Gasteiger partial charge on any atom is 0.138 e. The van der Waals surface area contributed by atoms with Gasteiger partial charge >= 0.3 is 0 Å². The van der Waals surface area contributed by atoms with Crippen LogP contribution < -0.4 is 28.3 Å². The zero-order chi connectivity index (χ0) is 13.5. The van der Waals surface area contributed by atoms with Gasteiger partial charge in [-0.2, -0.15) is 0 Å². The van der Waals surface area contributed by atoms with Crippen molar-refractivity contribution < 1.29 is 4.39 Å². The highest BCUT2D eigenvalue weighted by molar-refractivity contribution is 5.27. The number of nitrogens with one attached hydrogen (secondary N) is 1. The van der Waals surface area contributed by atoms with Crippen LogP contribution in [0.4, 0.5) is 4.39 Å². The van der Waals surface area contributed by atoms with Crippen molar-refractivity contribution in [3.8, 4) is 0 Å². The van der Waals surface area contributed by atoms with Crippen LogP contribution >= 0.6 is 0 Å². The van der Waals surface area contributed by atoms with E-state index in [0.717, 1.165) is 6.20 Å². The summed E-state index contributed by atoms with van der Waals surface area (Å²) in [5, 5.41) is 3.14. The third-order valence-corrected chi connectivity index (χ3v) is 2.68. The lowest BCUT2D eigenvalue weighted by Crippen LogP contribution is -2.60. The molecule has 2 unspecified atom stereocenters. The van der Waals surface area contributed by atoms with Crippen LogP contribution in [0.15, 0.2) is 23.7 Å². The first-order valence-electron chi connectivity index (χ1n) is 5.68. The van der Waals surface area contributed by atoms with Gasteiger partial charge < -0.3 is 22.9 Å². The SMILES string of the molecule is CCC(N)(NC(C)CN)/C(=C\C(F)=C/N)CN. The third kappa shape index (κ3) is 4.82. The van der Waals surface area contributed by atoms with Crippen LogP contribution in [0.2, 0.25) is 0 Å². The molecule has 9 N–H and O–H groups in total. The van der Waals surface area contributed by atoms with Crippen molar-refractivity contribution in [1.82, 2.24) is 5.32 Å². The summed E-state index contributed by atoms with van der Waals surface area (Å²) in [5.41, 5.74) is 22.1. The summed E-state index contributed by atoms with van der Waals surface area (Å²) in [6.45, 7) is 4.38. The minimum Gasteiger partial charge on any atom is -0.402 e. The van der Waals surface area contributed by atoms with Crippen molar-refractivity contribution in [2.24, 2.45) is 22.9 Å². The molecule has 0 aliphatic carbocycles. The molecule has 0 bridgehead atoms. The normalized spacial score (nSPS) is 18.9. The fraction of sp³-hybridized carbons (Fsp3) is 0.636. The molecular weight excluding hydrogens is 221 g/mol. The zero-order valence-corrected chi connectivity index (χ0v) is 10.5. The fourth-order valence-corrected chi connectivity index (χ4v) is 1.50. The number of halogens is 1. The molecule has 0 fully saturated rings. The molecular formula is C11H24FN5. The van der Waals surface area contributed by atoms with Crippen molar-refractivity contribution in [2.75, 3.05) is 13.1 Å². The van der Waals surface area contributed by atoms with Gasteiger partial charge in [0.2, 0.25) is 0 Å². The van der Waals surface area contributed by atoms with E-state index >= 15 is 0 Å². The fourth-order valence-electron chi connectivity index (χ4n) is 1.50. The van der Waals surface area contributed by atoms with E-state index in [1.165, 1.54) is 6.08 Å². The summed E-state index contributed by atoms with van der Waals surface area (Å²) in [5.74, 6) is -0.559. The van der Waals surface area contributed by atoms with Gasteiger partial charge in [-0.3, -0.25) is 5.32 Å². The standard InChI is InChI=1S/C11H24FN5/c1-3-11(16,17-8(2)5-13)9(6-14)4-10(12)7-15/h4,7-8,17H,3,5-6,13-16H2,1-2H3/b9-4-,10-7+. The summed E-state index contributed by atoms with van der Waals surface area (Å²) >= 11 is 0. The Balaban J connectivity index is 5.09. The Kier molecular flexibility index (Phi) is 6.98. The van der Waals surface area contributed by atoms with E-state index < -0.39 is 11.5 Å². The predicted molar refractivity (Wildman–Crippen MR) is 69.4 cm³/mol. The number of hydrogen-bond acceptors (Lipinski definition) is 5. The van der Waals surface area contributed by atoms with Gasteiger partial charge in [-0.05, 0) is 25.0 Å². The van der Waals surface area contributed by atoms with Crippen LogP contribution in [0.1, 0.15) is 20.3 Å². The Labute approximate surface area is 102 Å². The van der Waals surface area contributed by atoms with Crippen molar-refractivity contribution in [3.63, 3.8) is 0 Å². The highest BCUT2D eigenvalue weighted by Crippen LogP contribution is 2.17. The second-order valence-electron chi connectivity index (χ2n) is 4.03. The lowest BCUT2D eigenvalue weighted by Gasteiger charge is -2.34. The summed E-state index contributed by atoms with van der Waals surface area (Å²) in [6.07, 6.45) is 2.70. The summed E-state index contributed by atoms with van der Waals surface area (Å²) in [4.78, 5) is 0. The molecule has 100 valence electrons. The highest BCUT2D eigenvalue weighted by Gasteiger charge is 2.28. The molecule has 17 heavy (non-hydrogen) atoms. The molecule has 0 rings (SSSR count). The average molecular weight is 245 g/mol. The quantitative estimate of drug-likeness (QED) is 0.310. The maximum atomic E-state index is 13.2.